The molecule has 110 valence electrons. The molecule has 2 rings (SSSR count). The number of carbonyl (C=O) groups excluding carboxylic acids is 2. The van der Waals surface area contributed by atoms with Crippen LogP contribution in [0.25, 0.3) is 0 Å². The molecule has 0 aromatic carbocycles. The molecule has 1 fully saturated rings. The first-order valence-electron chi connectivity index (χ1n) is 5.53. The van der Waals surface area contributed by atoms with Gasteiger partial charge >= 0.3 is 18.1 Å². The highest BCUT2D eigenvalue weighted by molar-refractivity contribution is 5.90. The van der Waals surface area contributed by atoms with Crippen molar-refractivity contribution in [3.8, 4) is 0 Å². The number of halogens is 2. The summed E-state index contributed by atoms with van der Waals surface area (Å²) in [4.78, 5) is 38.5. The summed E-state index contributed by atoms with van der Waals surface area (Å²) < 4.78 is 26.1. The maximum absolute atomic E-state index is 13.0. The first kappa shape index (κ1) is 14.2. The van der Waals surface area contributed by atoms with E-state index in [4.69, 9.17) is 10.8 Å². The number of aliphatic carboxylic acids is 1. The molecule has 0 spiro atoms. The second kappa shape index (κ2) is 4.40. The molecule has 0 aromatic heterocycles. The second-order valence-electron chi connectivity index (χ2n) is 4.46. The molecule has 2 bridgehead atoms. The fraction of sp³-hybridized carbons (Fsp3) is 0.500. The van der Waals surface area contributed by atoms with Crippen molar-refractivity contribution >= 4 is 17.9 Å². The Morgan fingerprint density at radius 2 is 2.15 bits per heavy atom. The number of carboxylic acids is 1. The Morgan fingerprint density at radius 1 is 1.55 bits per heavy atom. The van der Waals surface area contributed by atoms with Crippen LogP contribution in [0.5, 0.6) is 0 Å². The van der Waals surface area contributed by atoms with Crippen LogP contribution in [0.3, 0.4) is 0 Å². The average molecular weight is 291 g/mol. The summed E-state index contributed by atoms with van der Waals surface area (Å²) in [6.45, 7) is 1.43. The molecule has 0 aromatic rings. The van der Waals surface area contributed by atoms with Crippen LogP contribution in [0.2, 0.25) is 0 Å². The standard InChI is InChI=1S/C10H11F2N3O5/c1-4-2-5-3-14(6(4)7(13)16)9(19)15(5)20-10(11,12)8(17)18/h2,5-6H,3H2,1H3,(H2,13,16)(H,17,18)/t5-,6-/m0/s1. The summed E-state index contributed by atoms with van der Waals surface area (Å²) in [6, 6.07) is -2.98. The Kier molecular flexibility index (Phi) is 3.12. The van der Waals surface area contributed by atoms with E-state index in [2.05, 4.69) is 4.84 Å². The molecule has 0 aliphatic carbocycles. The van der Waals surface area contributed by atoms with Crippen molar-refractivity contribution in [2.75, 3.05) is 6.54 Å². The van der Waals surface area contributed by atoms with Gasteiger partial charge in [-0.05, 0) is 12.5 Å². The van der Waals surface area contributed by atoms with Gasteiger partial charge in [0.25, 0.3) is 0 Å². The Hall–Kier alpha value is -2.23. The molecule has 0 saturated carbocycles. The molecular formula is C10H11F2N3O5. The molecule has 0 radical (unpaired) electrons. The van der Waals surface area contributed by atoms with Crippen LogP contribution in [0, 0.1) is 0 Å². The number of carbonyl (C=O) groups is 3. The van der Waals surface area contributed by atoms with E-state index in [1.807, 2.05) is 0 Å². The Labute approximate surface area is 111 Å². The molecule has 3 N–H and O–H groups in total. The van der Waals surface area contributed by atoms with E-state index >= 15 is 0 Å². The molecule has 2 aliphatic heterocycles. The van der Waals surface area contributed by atoms with E-state index < -0.39 is 36.1 Å². The van der Waals surface area contributed by atoms with Crippen LogP contribution in [0.4, 0.5) is 13.6 Å². The first-order valence-corrected chi connectivity index (χ1v) is 5.53. The SMILES string of the molecule is CC1=C[C@H]2CN(C(=O)N2OC(F)(F)C(=O)O)[C@@H]1C(N)=O. The van der Waals surface area contributed by atoms with Gasteiger partial charge < -0.3 is 15.7 Å². The van der Waals surface area contributed by atoms with Gasteiger partial charge in [-0.3, -0.25) is 4.79 Å². The molecule has 0 unspecified atom stereocenters. The lowest BCUT2D eigenvalue weighted by atomic mass is 10.0. The number of hydrogen-bond acceptors (Lipinski definition) is 4. The van der Waals surface area contributed by atoms with Crippen molar-refractivity contribution in [2.24, 2.45) is 5.73 Å². The summed E-state index contributed by atoms with van der Waals surface area (Å²) in [5, 5.41) is 8.56. The molecular weight excluding hydrogens is 280 g/mol. The highest BCUT2D eigenvalue weighted by Gasteiger charge is 2.52. The lowest BCUT2D eigenvalue weighted by Crippen LogP contribution is -2.48. The van der Waals surface area contributed by atoms with Gasteiger partial charge in [0.2, 0.25) is 5.91 Å². The third-order valence-electron chi connectivity index (χ3n) is 3.05. The van der Waals surface area contributed by atoms with Crippen LogP contribution in [0.15, 0.2) is 11.6 Å². The van der Waals surface area contributed by atoms with Gasteiger partial charge in [0, 0.05) is 0 Å². The molecule has 2 atom stereocenters. The number of hydrogen-bond donors (Lipinski definition) is 2. The molecule has 2 heterocycles. The number of fused-ring (bicyclic) bond motifs is 2. The van der Waals surface area contributed by atoms with Crippen molar-refractivity contribution < 1.29 is 33.1 Å². The summed E-state index contributed by atoms with van der Waals surface area (Å²) in [7, 11) is 0. The van der Waals surface area contributed by atoms with Crippen molar-refractivity contribution in [3.63, 3.8) is 0 Å². The summed E-state index contributed by atoms with van der Waals surface area (Å²) in [5.74, 6) is -3.33. The zero-order chi connectivity index (χ0) is 15.2. The third kappa shape index (κ3) is 2.07. The Balaban J connectivity index is 2.27. The Morgan fingerprint density at radius 3 is 2.65 bits per heavy atom. The normalized spacial score (nSPS) is 25.8. The monoisotopic (exact) mass is 291 g/mol. The van der Waals surface area contributed by atoms with Gasteiger partial charge in [0.05, 0.1) is 12.6 Å². The van der Waals surface area contributed by atoms with E-state index in [1.54, 1.807) is 0 Å². The lowest BCUT2D eigenvalue weighted by molar-refractivity contribution is -0.324. The summed E-state index contributed by atoms with van der Waals surface area (Å²) >= 11 is 0. The van der Waals surface area contributed by atoms with Crippen molar-refractivity contribution in [2.45, 2.75) is 25.1 Å². The highest BCUT2D eigenvalue weighted by Crippen LogP contribution is 2.32. The van der Waals surface area contributed by atoms with Crippen molar-refractivity contribution in [3.05, 3.63) is 11.6 Å². The van der Waals surface area contributed by atoms with Crippen LogP contribution in [-0.2, 0) is 14.4 Å². The van der Waals surface area contributed by atoms with Gasteiger partial charge in [-0.15, -0.1) is 0 Å². The average Bonchev–Trinajstić information content (AvgIpc) is 2.54. The molecule has 1 saturated heterocycles. The topological polar surface area (TPSA) is 113 Å². The zero-order valence-electron chi connectivity index (χ0n) is 10.2. The third-order valence-corrected chi connectivity index (χ3v) is 3.05. The van der Waals surface area contributed by atoms with Crippen molar-refractivity contribution in [1.82, 2.24) is 9.96 Å². The number of rotatable bonds is 4. The number of nitrogens with zero attached hydrogens (tertiary/aromatic N) is 2. The number of urea groups is 1. The predicted octanol–water partition coefficient (Wildman–Crippen LogP) is -0.485. The van der Waals surface area contributed by atoms with Gasteiger partial charge in [-0.1, -0.05) is 6.08 Å². The fourth-order valence-electron chi connectivity index (χ4n) is 2.25. The van der Waals surface area contributed by atoms with Gasteiger partial charge in [0.15, 0.2) is 0 Å². The van der Waals surface area contributed by atoms with Crippen LogP contribution >= 0.6 is 0 Å². The second-order valence-corrected chi connectivity index (χ2v) is 4.46. The molecule has 2 aliphatic rings. The zero-order valence-corrected chi connectivity index (χ0v) is 10.2. The number of hydroxylamine groups is 2. The van der Waals surface area contributed by atoms with E-state index in [0.29, 0.717) is 5.57 Å². The minimum absolute atomic E-state index is 0.0839. The summed E-state index contributed by atoms with van der Waals surface area (Å²) in [6.07, 6.45) is -3.17. The van der Waals surface area contributed by atoms with Crippen LogP contribution in [-0.4, -0.2) is 57.7 Å². The van der Waals surface area contributed by atoms with Gasteiger partial charge in [-0.25, -0.2) is 9.59 Å². The first-order chi connectivity index (χ1) is 9.15. The largest absolute Gasteiger partial charge is 0.476 e. The number of amides is 3. The number of primary amides is 1. The van der Waals surface area contributed by atoms with E-state index in [1.165, 1.54) is 13.0 Å². The van der Waals surface area contributed by atoms with E-state index in [9.17, 15) is 23.2 Å². The number of carboxylic acid groups (broad SMARTS) is 1. The molecule has 20 heavy (non-hydrogen) atoms. The van der Waals surface area contributed by atoms with Crippen LogP contribution in [0.1, 0.15) is 6.92 Å². The fourth-order valence-corrected chi connectivity index (χ4v) is 2.25. The minimum Gasteiger partial charge on any atom is -0.475 e. The smallest absolute Gasteiger partial charge is 0.475 e. The lowest BCUT2D eigenvalue weighted by Gasteiger charge is -2.27. The minimum atomic E-state index is -4.54. The van der Waals surface area contributed by atoms with Crippen molar-refractivity contribution in [1.29, 1.82) is 0 Å². The maximum Gasteiger partial charge on any atom is 0.476 e. The predicted molar refractivity (Wildman–Crippen MR) is 58.1 cm³/mol. The maximum atomic E-state index is 13.0. The quantitative estimate of drug-likeness (QED) is 0.679. The van der Waals surface area contributed by atoms with E-state index in [0.717, 1.165) is 4.90 Å². The van der Waals surface area contributed by atoms with Gasteiger partial charge in [0.1, 0.15) is 6.04 Å². The number of alkyl halides is 2. The Bertz CT molecular complexity index is 521. The number of nitrogens with two attached hydrogens (primary N) is 1. The molecule has 10 heteroatoms. The molecule has 8 nitrogen and oxygen atoms in total. The summed E-state index contributed by atoms with van der Waals surface area (Å²) in [5.41, 5.74) is 5.56. The molecule has 3 amide bonds. The van der Waals surface area contributed by atoms with Crippen LogP contribution < -0.4 is 5.73 Å². The van der Waals surface area contributed by atoms with E-state index in [-0.39, 0.29) is 11.6 Å². The van der Waals surface area contributed by atoms with Gasteiger partial charge in [-0.2, -0.15) is 18.7 Å². The highest BCUT2D eigenvalue weighted by atomic mass is 19.3.